The summed E-state index contributed by atoms with van der Waals surface area (Å²) in [5, 5.41) is 4.86. The number of anilines is 4. The Morgan fingerprint density at radius 2 is 1.27 bits per heavy atom. The topological polar surface area (TPSA) is 56.3 Å². The Bertz CT molecular complexity index is 3720. The Balaban J connectivity index is 0.00000507. The van der Waals surface area contributed by atoms with Gasteiger partial charge in [0.2, 0.25) is 0 Å². The maximum absolute atomic E-state index is 8.92. The predicted octanol–water partition coefficient (Wildman–Crippen LogP) is 13.0. The fourth-order valence-electron chi connectivity index (χ4n) is 9.08. The first-order valence-electron chi connectivity index (χ1n) is 23.2. The molecule has 8 nitrogen and oxygen atoms in total. The van der Waals surface area contributed by atoms with Gasteiger partial charge in [0.15, 0.2) is 0 Å². The molecular formula is C53H40N7OPt-3. The number of rotatable bonds is 5. The number of pyridine rings is 2. The van der Waals surface area contributed by atoms with E-state index in [-0.39, 0.29) is 26.5 Å². The van der Waals surface area contributed by atoms with Crippen LogP contribution >= 0.6 is 0 Å². The fourth-order valence-corrected chi connectivity index (χ4v) is 9.08. The van der Waals surface area contributed by atoms with Gasteiger partial charge in [-0.2, -0.15) is 12.1 Å². The van der Waals surface area contributed by atoms with Gasteiger partial charge in [0.25, 0.3) is 0 Å². The molecule has 0 bridgehead atoms. The van der Waals surface area contributed by atoms with Crippen LogP contribution in [0.4, 0.5) is 22.7 Å². The van der Waals surface area contributed by atoms with E-state index in [0.717, 1.165) is 49.6 Å². The molecule has 0 aliphatic carbocycles. The molecule has 6 aromatic carbocycles. The molecule has 12 rings (SSSR count). The number of fused-ring (bicyclic) bond motifs is 10. The van der Waals surface area contributed by atoms with Gasteiger partial charge in [-0.1, -0.05) is 74.8 Å². The van der Waals surface area contributed by atoms with E-state index in [9.17, 15) is 0 Å². The van der Waals surface area contributed by atoms with Gasteiger partial charge < -0.3 is 28.2 Å². The van der Waals surface area contributed by atoms with Gasteiger partial charge in [0.05, 0.1) is 28.4 Å². The van der Waals surface area contributed by atoms with Crippen LogP contribution in [0.5, 0.6) is 11.5 Å². The van der Waals surface area contributed by atoms with Crippen LogP contribution in [0, 0.1) is 18.8 Å². The van der Waals surface area contributed by atoms with E-state index >= 15 is 0 Å². The second-order valence-electron chi connectivity index (χ2n) is 16.5. The molecule has 0 saturated carbocycles. The third-order valence-electron chi connectivity index (χ3n) is 12.0. The summed E-state index contributed by atoms with van der Waals surface area (Å²) in [5.74, 6) is 1.66. The van der Waals surface area contributed by atoms with Gasteiger partial charge >= 0.3 is 0 Å². The summed E-state index contributed by atoms with van der Waals surface area (Å²) < 4.78 is 64.9. The number of hydrogen-bond donors (Lipinski definition) is 0. The summed E-state index contributed by atoms with van der Waals surface area (Å²) in [6, 6.07) is 47.3. The largest absolute Gasteiger partial charge is 0.509 e. The number of nitrogens with zero attached hydrogens (tertiary/aromatic N) is 7. The first kappa shape index (κ1) is 31.9. The summed E-state index contributed by atoms with van der Waals surface area (Å²) in [4.78, 5) is 13.1. The van der Waals surface area contributed by atoms with Crippen molar-refractivity contribution >= 4 is 88.2 Å². The predicted molar refractivity (Wildman–Crippen MR) is 249 cm³/mol. The average Bonchev–Trinajstić information content (AvgIpc) is 4.05. The van der Waals surface area contributed by atoms with Gasteiger partial charge in [-0.3, -0.25) is 4.98 Å². The molecular weight excluding hydrogens is 946 g/mol. The third kappa shape index (κ3) is 5.63. The Kier molecular flexibility index (Phi) is 7.25. The van der Waals surface area contributed by atoms with Gasteiger partial charge in [-0.25, -0.2) is 4.98 Å². The summed E-state index contributed by atoms with van der Waals surface area (Å²) in [6.07, 6.45) is 5.47. The van der Waals surface area contributed by atoms with E-state index in [2.05, 4.69) is 48.5 Å². The molecule has 11 aromatic rings. The van der Waals surface area contributed by atoms with Crippen LogP contribution < -0.4 is 14.5 Å². The fraction of sp³-hybridized carbons (Fsp3) is 0.113. The third-order valence-corrected chi connectivity index (χ3v) is 12.0. The van der Waals surface area contributed by atoms with Gasteiger partial charge in [-0.15, -0.1) is 48.1 Å². The van der Waals surface area contributed by atoms with E-state index in [1.165, 1.54) is 9.13 Å². The number of hydrogen-bond acceptors (Lipinski definition) is 5. The monoisotopic (exact) mass is 991 g/mol. The molecule has 0 radical (unpaired) electrons. The van der Waals surface area contributed by atoms with Crippen LogP contribution in [0.3, 0.4) is 0 Å². The summed E-state index contributed by atoms with van der Waals surface area (Å²) in [5.41, 5.74) is 7.08. The van der Waals surface area contributed by atoms with Crippen LogP contribution in [0.25, 0.3) is 71.2 Å². The van der Waals surface area contributed by atoms with Crippen molar-refractivity contribution in [3.8, 4) is 17.3 Å². The minimum atomic E-state index is -2.63. The quantitative estimate of drug-likeness (QED) is 0.161. The maximum atomic E-state index is 8.92. The molecule has 1 aliphatic rings. The van der Waals surface area contributed by atoms with Gasteiger partial charge in [0.1, 0.15) is 5.82 Å². The Morgan fingerprint density at radius 3 is 1.98 bits per heavy atom. The maximum Gasteiger partial charge on any atom is 0.135 e. The molecule has 0 atom stereocenters. The smallest absolute Gasteiger partial charge is 0.135 e. The molecule has 5 aromatic heterocycles. The molecule has 6 heterocycles. The summed E-state index contributed by atoms with van der Waals surface area (Å²) in [7, 11) is 0. The molecule has 9 heteroatoms. The van der Waals surface area contributed by atoms with E-state index in [1.807, 2.05) is 138 Å². The second-order valence-corrected chi connectivity index (χ2v) is 16.5. The normalized spacial score (nSPS) is 14.8. The average molecular weight is 992 g/mol. The summed E-state index contributed by atoms with van der Waals surface area (Å²) in [6.45, 7) is 3.16. The molecule has 62 heavy (non-hydrogen) atoms. The van der Waals surface area contributed by atoms with Crippen molar-refractivity contribution < 1.29 is 34.0 Å². The Morgan fingerprint density at radius 1 is 0.613 bits per heavy atom. The van der Waals surface area contributed by atoms with Crippen molar-refractivity contribution in [1.82, 2.24) is 23.7 Å². The van der Waals surface area contributed by atoms with Crippen LogP contribution in [-0.2, 0) is 40.4 Å². The van der Waals surface area contributed by atoms with Gasteiger partial charge in [0, 0.05) is 111 Å². The van der Waals surface area contributed by atoms with Crippen molar-refractivity contribution in [2.45, 2.75) is 26.2 Å². The minimum absolute atomic E-state index is 0. The number of para-hydroxylation sites is 4. The standard InChI is InChI=1S/C53H40N7O.Pt/c1-53(2,3)33-23-26-55-49(27-33)60-47-29-36(21-22-39(47)40-24-25-54-31-48(40)60)61-35-14-12-13-34(28-35)58-32-59(46-20-11-10-19-45(46)58)52-50-41(37-15-6-8-17-43(37)56(50)4)30-42-38-16-7-9-18-44(38)57(5)51(42)52;/h6-27,30-32H,1-5H3;/q-3;/i4D3,5D3;. The van der Waals surface area contributed by atoms with Crippen LogP contribution in [-0.4, -0.2) is 23.7 Å². The number of aromatic nitrogens is 5. The zero-order chi connectivity index (χ0) is 46.1. The molecule has 0 saturated heterocycles. The molecule has 0 spiro atoms. The molecule has 0 unspecified atom stereocenters. The Labute approximate surface area is 381 Å². The van der Waals surface area contributed by atoms with Gasteiger partial charge in [-0.05, 0) is 64.9 Å². The zero-order valence-electron chi connectivity index (χ0n) is 39.8. The number of ether oxygens (including phenoxy) is 1. The van der Waals surface area contributed by atoms with Crippen LogP contribution in [0.1, 0.15) is 34.6 Å². The van der Waals surface area contributed by atoms with Crippen molar-refractivity contribution in [2.75, 3.05) is 9.80 Å². The first-order chi connectivity index (χ1) is 32.1. The number of aryl methyl sites for hydroxylation is 2. The molecule has 306 valence electrons. The van der Waals surface area contributed by atoms with Crippen LogP contribution in [0.15, 0.2) is 146 Å². The van der Waals surface area contributed by atoms with Crippen molar-refractivity contribution in [2.24, 2.45) is 14.0 Å². The molecule has 0 amide bonds. The van der Waals surface area contributed by atoms with Crippen molar-refractivity contribution in [3.63, 3.8) is 0 Å². The van der Waals surface area contributed by atoms with E-state index in [1.54, 1.807) is 18.3 Å². The van der Waals surface area contributed by atoms with E-state index in [0.29, 0.717) is 61.4 Å². The minimum Gasteiger partial charge on any atom is -0.509 e. The Hall–Kier alpha value is -6.89. The van der Waals surface area contributed by atoms with Crippen molar-refractivity contribution in [1.29, 1.82) is 0 Å². The summed E-state index contributed by atoms with van der Waals surface area (Å²) >= 11 is 0. The van der Waals surface area contributed by atoms with Crippen molar-refractivity contribution in [3.05, 3.63) is 170 Å². The van der Waals surface area contributed by atoms with Crippen LogP contribution in [0.2, 0.25) is 0 Å². The van der Waals surface area contributed by atoms with E-state index in [4.69, 9.17) is 17.9 Å². The second kappa shape index (κ2) is 14.1. The SMILES string of the molecule is [2H]C([2H])([2H])n1c2ccccc2c2cc3c4ccccc4n(C([2H])([2H])[2H])c3c(N3[CH-]N(c4[c-]c(Oc5[c-]c6c(cc5)c5ccncc5n6-c5cc(C(C)(C)C)ccn5)ccc4)c4ccccc43)c21.[Pt]. The number of benzene rings is 6. The first-order valence-corrected chi connectivity index (χ1v) is 20.2. The molecule has 0 fully saturated rings. The van der Waals surface area contributed by atoms with E-state index < -0.39 is 14.0 Å². The molecule has 1 aliphatic heterocycles. The molecule has 0 N–H and O–H groups in total. The zero-order valence-corrected chi connectivity index (χ0v) is 36.1.